The van der Waals surface area contributed by atoms with Crippen LogP contribution in [0, 0.1) is 5.41 Å². The van der Waals surface area contributed by atoms with Crippen molar-refractivity contribution >= 4 is 17.5 Å². The third-order valence-corrected chi connectivity index (χ3v) is 4.40. The predicted molar refractivity (Wildman–Crippen MR) is 111 cm³/mol. The highest BCUT2D eigenvalue weighted by molar-refractivity contribution is 6.10. The number of hydrogen-bond donors (Lipinski definition) is 2. The Hall–Kier alpha value is -3.67. The summed E-state index contributed by atoms with van der Waals surface area (Å²) in [4.78, 5) is 29.6. The van der Waals surface area contributed by atoms with E-state index in [4.69, 9.17) is 4.74 Å². The molecule has 2 aromatic carbocycles. The van der Waals surface area contributed by atoms with Crippen LogP contribution in [-0.2, 0) is 16.1 Å². The number of pyridine rings is 1. The van der Waals surface area contributed by atoms with Crippen molar-refractivity contribution in [2.75, 3.05) is 5.32 Å². The zero-order chi connectivity index (χ0) is 20.7. The maximum absolute atomic E-state index is 12.8. The summed E-state index contributed by atoms with van der Waals surface area (Å²) in [5.41, 5.74) is -0.0696. The molecule has 0 saturated carbocycles. The summed E-state index contributed by atoms with van der Waals surface area (Å²) in [6.07, 6.45) is 1.66. The highest BCUT2D eigenvalue weighted by Gasteiger charge is 2.36. The van der Waals surface area contributed by atoms with E-state index in [1.807, 2.05) is 48.5 Å². The van der Waals surface area contributed by atoms with E-state index in [1.165, 1.54) is 0 Å². The highest BCUT2D eigenvalue weighted by atomic mass is 16.5. The van der Waals surface area contributed by atoms with Gasteiger partial charge in [0.2, 0.25) is 11.8 Å². The van der Waals surface area contributed by atoms with Crippen molar-refractivity contribution in [3.8, 4) is 11.5 Å². The van der Waals surface area contributed by atoms with Crippen molar-refractivity contribution in [3.63, 3.8) is 0 Å². The zero-order valence-corrected chi connectivity index (χ0v) is 16.4. The van der Waals surface area contributed by atoms with E-state index >= 15 is 0 Å². The molecule has 2 amide bonds. The molecule has 29 heavy (non-hydrogen) atoms. The van der Waals surface area contributed by atoms with Crippen LogP contribution in [0.4, 0.5) is 5.69 Å². The van der Waals surface area contributed by atoms with E-state index in [2.05, 4.69) is 15.6 Å². The molecule has 0 radical (unpaired) electrons. The van der Waals surface area contributed by atoms with Gasteiger partial charge < -0.3 is 15.4 Å². The van der Waals surface area contributed by atoms with E-state index in [1.54, 1.807) is 44.3 Å². The second-order valence-electron chi connectivity index (χ2n) is 6.99. The third kappa shape index (κ3) is 5.19. The molecule has 148 valence electrons. The van der Waals surface area contributed by atoms with Crippen LogP contribution in [0.3, 0.4) is 0 Å². The van der Waals surface area contributed by atoms with Crippen LogP contribution in [0.2, 0.25) is 0 Å². The summed E-state index contributed by atoms with van der Waals surface area (Å²) in [5, 5.41) is 5.58. The molecule has 3 rings (SSSR count). The summed E-state index contributed by atoms with van der Waals surface area (Å²) in [7, 11) is 0. The van der Waals surface area contributed by atoms with Crippen molar-refractivity contribution in [1.82, 2.24) is 10.3 Å². The fourth-order valence-electron chi connectivity index (χ4n) is 2.55. The van der Waals surface area contributed by atoms with Crippen LogP contribution in [-0.4, -0.2) is 16.8 Å². The van der Waals surface area contributed by atoms with Gasteiger partial charge in [0.05, 0.1) is 17.9 Å². The van der Waals surface area contributed by atoms with Crippen molar-refractivity contribution in [3.05, 3.63) is 84.7 Å². The highest BCUT2D eigenvalue weighted by Crippen LogP contribution is 2.30. The van der Waals surface area contributed by atoms with Gasteiger partial charge in [-0.3, -0.25) is 14.6 Å². The van der Waals surface area contributed by atoms with Gasteiger partial charge >= 0.3 is 0 Å². The first-order valence-corrected chi connectivity index (χ1v) is 9.28. The van der Waals surface area contributed by atoms with Crippen LogP contribution >= 0.6 is 0 Å². The van der Waals surface area contributed by atoms with Gasteiger partial charge in [-0.15, -0.1) is 0 Å². The standard InChI is InChI=1S/C23H23N3O3/c1-23(2,21(27)25-16-17-10-8-9-15-24-17)22(28)26-19-13-6-7-14-20(19)29-18-11-4-3-5-12-18/h3-15H,16H2,1-2H3,(H,25,27)(H,26,28). The Morgan fingerprint density at radius 3 is 2.31 bits per heavy atom. The minimum absolute atomic E-state index is 0.254. The molecular formula is C23H23N3O3. The number of carbonyl (C=O) groups is 2. The SMILES string of the molecule is CC(C)(C(=O)NCc1ccccn1)C(=O)Nc1ccccc1Oc1ccccc1. The van der Waals surface area contributed by atoms with Gasteiger partial charge in [-0.05, 0) is 50.2 Å². The van der Waals surface area contributed by atoms with Gasteiger partial charge in [0.1, 0.15) is 11.2 Å². The lowest BCUT2D eigenvalue weighted by molar-refractivity contribution is -0.138. The minimum atomic E-state index is -1.28. The van der Waals surface area contributed by atoms with Crippen molar-refractivity contribution in [2.24, 2.45) is 5.41 Å². The number of ether oxygens (including phenoxy) is 1. The van der Waals surface area contributed by atoms with Crippen LogP contribution in [0.25, 0.3) is 0 Å². The van der Waals surface area contributed by atoms with Gasteiger partial charge in [0, 0.05) is 6.20 Å². The maximum atomic E-state index is 12.8. The number of anilines is 1. The Morgan fingerprint density at radius 2 is 1.59 bits per heavy atom. The van der Waals surface area contributed by atoms with Crippen LogP contribution in [0.1, 0.15) is 19.5 Å². The Bertz CT molecular complexity index is 973. The summed E-state index contributed by atoms with van der Waals surface area (Å²) in [6, 6.07) is 21.8. The van der Waals surface area contributed by atoms with Crippen molar-refractivity contribution in [2.45, 2.75) is 20.4 Å². The lowest BCUT2D eigenvalue weighted by Gasteiger charge is -2.23. The first-order valence-electron chi connectivity index (χ1n) is 9.28. The normalized spacial score (nSPS) is 10.8. The smallest absolute Gasteiger partial charge is 0.239 e. The number of para-hydroxylation sites is 3. The number of rotatable bonds is 7. The molecule has 0 aliphatic heterocycles. The van der Waals surface area contributed by atoms with Gasteiger partial charge in [-0.1, -0.05) is 36.4 Å². The number of hydrogen-bond acceptors (Lipinski definition) is 4. The molecule has 6 heteroatoms. The second kappa shape index (κ2) is 9.01. The van der Waals surface area contributed by atoms with Gasteiger partial charge in [-0.25, -0.2) is 0 Å². The fourth-order valence-corrected chi connectivity index (χ4v) is 2.55. The number of nitrogens with one attached hydrogen (secondary N) is 2. The first-order chi connectivity index (χ1) is 14.0. The molecule has 0 unspecified atom stereocenters. The van der Waals surface area contributed by atoms with E-state index in [-0.39, 0.29) is 12.5 Å². The Morgan fingerprint density at radius 1 is 0.897 bits per heavy atom. The van der Waals surface area contributed by atoms with E-state index in [9.17, 15) is 9.59 Å². The molecule has 0 fully saturated rings. The molecule has 0 saturated heterocycles. The molecule has 0 bridgehead atoms. The average molecular weight is 389 g/mol. The van der Waals surface area contributed by atoms with E-state index < -0.39 is 11.3 Å². The summed E-state index contributed by atoms with van der Waals surface area (Å²) >= 11 is 0. The maximum Gasteiger partial charge on any atom is 0.239 e. The summed E-state index contributed by atoms with van der Waals surface area (Å²) in [6.45, 7) is 3.41. The fraction of sp³-hybridized carbons (Fsp3) is 0.174. The molecular weight excluding hydrogens is 366 g/mol. The Balaban J connectivity index is 1.68. The molecule has 2 N–H and O–H groups in total. The molecule has 0 atom stereocenters. The van der Waals surface area contributed by atoms with Crippen molar-refractivity contribution in [1.29, 1.82) is 0 Å². The van der Waals surface area contributed by atoms with Crippen LogP contribution in [0.5, 0.6) is 11.5 Å². The van der Waals surface area contributed by atoms with Crippen molar-refractivity contribution < 1.29 is 14.3 Å². The van der Waals surface area contributed by atoms with Gasteiger partial charge in [0.25, 0.3) is 0 Å². The molecule has 0 aliphatic carbocycles. The predicted octanol–water partition coefficient (Wildman–Crippen LogP) is 4.16. The van der Waals surface area contributed by atoms with Gasteiger partial charge in [0.15, 0.2) is 5.75 Å². The molecule has 1 heterocycles. The molecule has 3 aromatic rings. The summed E-state index contributed by atoms with van der Waals surface area (Å²) < 4.78 is 5.87. The van der Waals surface area contributed by atoms with Gasteiger partial charge in [-0.2, -0.15) is 0 Å². The minimum Gasteiger partial charge on any atom is -0.455 e. The Kier molecular flexibility index (Phi) is 6.24. The number of nitrogens with zero attached hydrogens (tertiary/aromatic N) is 1. The molecule has 1 aromatic heterocycles. The molecule has 6 nitrogen and oxygen atoms in total. The average Bonchev–Trinajstić information content (AvgIpc) is 2.74. The largest absolute Gasteiger partial charge is 0.455 e. The topological polar surface area (TPSA) is 80.3 Å². The van der Waals surface area contributed by atoms with E-state index in [0.717, 1.165) is 5.69 Å². The van der Waals surface area contributed by atoms with Crippen LogP contribution < -0.4 is 15.4 Å². The number of carbonyl (C=O) groups excluding carboxylic acids is 2. The number of amides is 2. The first kappa shape index (κ1) is 20.1. The zero-order valence-electron chi connectivity index (χ0n) is 16.4. The molecule has 0 spiro atoms. The Labute approximate surface area is 169 Å². The number of benzene rings is 2. The lowest BCUT2D eigenvalue weighted by atomic mass is 9.91. The number of aromatic nitrogens is 1. The lowest BCUT2D eigenvalue weighted by Crippen LogP contribution is -2.45. The van der Waals surface area contributed by atoms with E-state index in [0.29, 0.717) is 17.2 Å². The monoisotopic (exact) mass is 389 g/mol. The van der Waals surface area contributed by atoms with Crippen LogP contribution in [0.15, 0.2) is 79.0 Å². The molecule has 0 aliphatic rings. The quantitative estimate of drug-likeness (QED) is 0.595. The second-order valence-corrected chi connectivity index (χ2v) is 6.99. The summed E-state index contributed by atoms with van der Waals surface area (Å²) in [5.74, 6) is 0.334. The third-order valence-electron chi connectivity index (χ3n) is 4.40.